The van der Waals surface area contributed by atoms with Crippen molar-refractivity contribution in [1.29, 1.82) is 0 Å². The summed E-state index contributed by atoms with van der Waals surface area (Å²) in [6, 6.07) is 10.1. The molecule has 2 nitrogen and oxygen atoms in total. The molecule has 12 heavy (non-hydrogen) atoms. The molecule has 2 aromatic rings. The Morgan fingerprint density at radius 2 is 2.08 bits per heavy atom. The predicted molar refractivity (Wildman–Crippen MR) is 44.5 cm³/mol. The molecule has 58 valence electrons. The van der Waals surface area contributed by atoms with Crippen molar-refractivity contribution < 1.29 is 9.30 Å². The summed E-state index contributed by atoms with van der Waals surface area (Å²) in [5.74, 6) is 0.938. The van der Waals surface area contributed by atoms with Crippen molar-refractivity contribution in [1.82, 2.24) is 0 Å². The lowest BCUT2D eigenvalue weighted by molar-refractivity contribution is -0.617. The van der Waals surface area contributed by atoms with E-state index in [1.807, 2.05) is 29.0 Å². The van der Waals surface area contributed by atoms with Gasteiger partial charge in [0.25, 0.3) is 0 Å². The lowest BCUT2D eigenvalue weighted by atomic mass is 10.2. The van der Waals surface area contributed by atoms with E-state index < -0.39 is 0 Å². The van der Waals surface area contributed by atoms with Gasteiger partial charge in [-0.2, -0.15) is 0 Å². The third-order valence-electron chi connectivity index (χ3n) is 2.10. The Bertz CT molecular complexity index is 412. The Morgan fingerprint density at radius 3 is 3.08 bits per heavy atom. The number of rotatable bonds is 0. The van der Waals surface area contributed by atoms with Crippen LogP contribution in [-0.2, 0) is 0 Å². The molecule has 0 spiro atoms. The summed E-state index contributed by atoms with van der Waals surface area (Å²) in [6.45, 7) is 1.72. The summed E-state index contributed by atoms with van der Waals surface area (Å²) in [7, 11) is 0. The minimum Gasteiger partial charge on any atom is -0.475 e. The average Bonchev–Trinajstić information content (AvgIpc) is 2.52. The standard InChI is InChI=1S/C10H7NO/c1-3-8-4-2-6-11-7-12-9(5-1)10(8)11/h1-7H. The molecule has 1 aromatic heterocycles. The first-order chi connectivity index (χ1) is 5.95. The molecule has 0 radical (unpaired) electrons. The zero-order valence-corrected chi connectivity index (χ0v) is 6.40. The molecule has 0 atom stereocenters. The summed E-state index contributed by atoms with van der Waals surface area (Å²) in [6.07, 6.45) is 1.98. The highest BCUT2D eigenvalue weighted by Gasteiger charge is 2.13. The summed E-state index contributed by atoms with van der Waals surface area (Å²) < 4.78 is 7.34. The number of hydrogen-bond acceptors (Lipinski definition) is 1. The summed E-state index contributed by atoms with van der Waals surface area (Å²) in [5.41, 5.74) is 1.15. The third-order valence-corrected chi connectivity index (χ3v) is 2.10. The molecule has 1 aliphatic heterocycles. The van der Waals surface area contributed by atoms with Crippen LogP contribution in [0.4, 0.5) is 0 Å². The number of benzene rings is 1. The van der Waals surface area contributed by atoms with E-state index in [0.29, 0.717) is 0 Å². The fourth-order valence-electron chi connectivity index (χ4n) is 1.56. The molecule has 0 amide bonds. The van der Waals surface area contributed by atoms with Gasteiger partial charge in [-0.3, -0.25) is 4.57 Å². The molecule has 0 aliphatic carbocycles. The lowest BCUT2D eigenvalue weighted by Gasteiger charge is -1.97. The first-order valence-electron chi connectivity index (χ1n) is 3.88. The predicted octanol–water partition coefficient (Wildman–Crippen LogP) is 1.49. The van der Waals surface area contributed by atoms with Crippen LogP contribution in [0.3, 0.4) is 0 Å². The monoisotopic (exact) mass is 157 g/mol. The van der Waals surface area contributed by atoms with E-state index in [9.17, 15) is 0 Å². The van der Waals surface area contributed by atoms with Gasteiger partial charge in [-0.25, -0.2) is 0 Å². The SMILES string of the molecule is c1cc2c3c(c1)ccc[n+]3[CH-]O2. The molecule has 0 unspecified atom stereocenters. The van der Waals surface area contributed by atoms with E-state index in [4.69, 9.17) is 4.74 Å². The number of nitrogens with zero attached hydrogens (tertiary/aromatic N) is 1. The molecule has 0 bridgehead atoms. The van der Waals surface area contributed by atoms with Crippen molar-refractivity contribution >= 4 is 10.9 Å². The summed E-state index contributed by atoms with van der Waals surface area (Å²) >= 11 is 0. The lowest BCUT2D eigenvalue weighted by Crippen LogP contribution is -2.29. The van der Waals surface area contributed by atoms with Crippen LogP contribution in [0.2, 0.25) is 0 Å². The van der Waals surface area contributed by atoms with Crippen LogP contribution in [-0.4, -0.2) is 0 Å². The quantitative estimate of drug-likeness (QED) is 0.417. The van der Waals surface area contributed by atoms with Crippen LogP contribution in [0.25, 0.3) is 10.9 Å². The van der Waals surface area contributed by atoms with Gasteiger partial charge >= 0.3 is 0 Å². The maximum atomic E-state index is 5.35. The molecule has 0 saturated carbocycles. The maximum Gasteiger partial charge on any atom is 0.231 e. The number of para-hydroxylation sites is 1. The Morgan fingerprint density at radius 1 is 1.17 bits per heavy atom. The van der Waals surface area contributed by atoms with Crippen LogP contribution in [0, 0.1) is 6.73 Å². The first kappa shape index (κ1) is 5.89. The minimum atomic E-state index is 0.938. The Kier molecular flexibility index (Phi) is 0.939. The van der Waals surface area contributed by atoms with E-state index >= 15 is 0 Å². The van der Waals surface area contributed by atoms with E-state index in [1.54, 1.807) is 6.73 Å². The Balaban J connectivity index is 2.58. The van der Waals surface area contributed by atoms with Gasteiger partial charge in [0.05, 0.1) is 6.20 Å². The van der Waals surface area contributed by atoms with Crippen molar-refractivity contribution in [3.8, 4) is 5.75 Å². The first-order valence-corrected chi connectivity index (χ1v) is 3.88. The topological polar surface area (TPSA) is 13.1 Å². The van der Waals surface area contributed by atoms with Crippen LogP contribution in [0.1, 0.15) is 0 Å². The fourth-order valence-corrected chi connectivity index (χ4v) is 1.56. The van der Waals surface area contributed by atoms with Crippen molar-refractivity contribution in [2.24, 2.45) is 0 Å². The van der Waals surface area contributed by atoms with Crippen molar-refractivity contribution in [3.05, 3.63) is 43.3 Å². The fraction of sp³-hybridized carbons (Fsp3) is 0. The van der Waals surface area contributed by atoms with Crippen LogP contribution >= 0.6 is 0 Å². The largest absolute Gasteiger partial charge is 0.475 e. The molecular formula is C10H7NO. The highest BCUT2D eigenvalue weighted by atomic mass is 16.5. The smallest absolute Gasteiger partial charge is 0.231 e. The molecule has 0 N–H and O–H groups in total. The van der Waals surface area contributed by atoms with Crippen molar-refractivity contribution in [2.75, 3.05) is 0 Å². The van der Waals surface area contributed by atoms with E-state index in [2.05, 4.69) is 12.1 Å². The van der Waals surface area contributed by atoms with Crippen LogP contribution in [0.5, 0.6) is 5.75 Å². The van der Waals surface area contributed by atoms with Gasteiger partial charge in [-0.05, 0) is 11.5 Å². The van der Waals surface area contributed by atoms with Gasteiger partial charge in [0.1, 0.15) is 5.75 Å². The number of ether oxygens (including phenoxy) is 1. The molecule has 2 heteroatoms. The molecule has 1 aromatic carbocycles. The second-order valence-corrected chi connectivity index (χ2v) is 2.83. The van der Waals surface area contributed by atoms with Gasteiger partial charge < -0.3 is 4.74 Å². The minimum absolute atomic E-state index is 0.938. The van der Waals surface area contributed by atoms with Gasteiger partial charge in [0, 0.05) is 0 Å². The van der Waals surface area contributed by atoms with Crippen molar-refractivity contribution in [3.63, 3.8) is 0 Å². The number of aromatic nitrogens is 1. The van der Waals surface area contributed by atoms with Gasteiger partial charge in [-0.1, -0.05) is 24.3 Å². The van der Waals surface area contributed by atoms with Gasteiger partial charge in [0.15, 0.2) is 5.52 Å². The number of hydrogen-bond donors (Lipinski definition) is 0. The second-order valence-electron chi connectivity index (χ2n) is 2.83. The van der Waals surface area contributed by atoms with E-state index in [-0.39, 0.29) is 0 Å². The van der Waals surface area contributed by atoms with Crippen LogP contribution < -0.4 is 9.30 Å². The zero-order valence-electron chi connectivity index (χ0n) is 6.40. The molecule has 1 aliphatic rings. The molecule has 0 fully saturated rings. The molecule has 2 heterocycles. The Hall–Kier alpha value is -1.70. The zero-order chi connectivity index (χ0) is 7.97. The molecular weight excluding hydrogens is 150 g/mol. The molecule has 0 saturated heterocycles. The van der Waals surface area contributed by atoms with Crippen LogP contribution in [0.15, 0.2) is 36.5 Å². The summed E-state index contributed by atoms with van der Waals surface area (Å²) in [4.78, 5) is 0. The highest BCUT2D eigenvalue weighted by molar-refractivity contribution is 5.82. The highest BCUT2D eigenvalue weighted by Crippen LogP contribution is 2.25. The Labute approximate surface area is 70.0 Å². The summed E-state index contributed by atoms with van der Waals surface area (Å²) in [5, 5.41) is 1.21. The third kappa shape index (κ3) is 0.593. The van der Waals surface area contributed by atoms with E-state index in [0.717, 1.165) is 11.3 Å². The number of pyridine rings is 1. The van der Waals surface area contributed by atoms with Crippen molar-refractivity contribution in [2.45, 2.75) is 0 Å². The normalized spacial score (nSPS) is 12.7. The molecule has 3 rings (SSSR count). The average molecular weight is 157 g/mol. The van der Waals surface area contributed by atoms with E-state index in [1.165, 1.54) is 5.39 Å². The second kappa shape index (κ2) is 1.91. The maximum absolute atomic E-state index is 5.35. The van der Waals surface area contributed by atoms with Gasteiger partial charge in [-0.15, -0.1) is 0 Å². The van der Waals surface area contributed by atoms with Gasteiger partial charge in [0.2, 0.25) is 6.73 Å².